The molecular weight excluding hydrogens is 260 g/mol. The minimum absolute atomic E-state index is 0.137. The fourth-order valence-electron chi connectivity index (χ4n) is 1.30. The fraction of sp³-hybridized carbons (Fsp3) is 0.500. The lowest BCUT2D eigenvalue weighted by molar-refractivity contribution is 0.365. The summed E-state index contributed by atoms with van der Waals surface area (Å²) in [5.41, 5.74) is 5.21. The molecule has 3 nitrogen and oxygen atoms in total. The molecule has 0 heterocycles. The molecule has 0 saturated heterocycles. The normalized spacial score (nSPS) is 12.7. The molecule has 18 heavy (non-hydrogen) atoms. The largest absolute Gasteiger partial charge is 0.330 e. The van der Waals surface area contributed by atoms with Gasteiger partial charge in [0.25, 0.3) is 0 Å². The van der Waals surface area contributed by atoms with Gasteiger partial charge in [-0.3, -0.25) is 0 Å². The fourth-order valence-corrected chi connectivity index (χ4v) is 2.92. The van der Waals surface area contributed by atoms with Crippen LogP contribution in [0.25, 0.3) is 0 Å². The highest BCUT2D eigenvalue weighted by atomic mass is 32.2. The van der Waals surface area contributed by atoms with Crippen molar-refractivity contribution in [3.63, 3.8) is 0 Å². The first-order valence-electron chi connectivity index (χ1n) is 5.56. The highest BCUT2D eigenvalue weighted by Gasteiger charge is 2.22. The lowest BCUT2D eigenvalue weighted by Crippen LogP contribution is -2.26. The molecule has 0 spiro atoms. The predicted octanol–water partition coefficient (Wildman–Crippen LogP) is 2.11. The molecule has 0 bridgehead atoms. The van der Waals surface area contributed by atoms with Crippen LogP contribution in [0, 0.1) is 17.0 Å². The van der Waals surface area contributed by atoms with Gasteiger partial charge in [0.05, 0.1) is 10.6 Å². The first kappa shape index (κ1) is 15.0. The van der Waals surface area contributed by atoms with Crippen LogP contribution in [0.3, 0.4) is 0 Å². The molecule has 102 valence electrons. The standard InChI is InChI=1S/C12H17F2NO2S/c1-12(2,8-15)5-6-18(16,17)9-3-4-10(13)11(14)7-9/h3-4,7H,5-6,8,15H2,1-2H3. The molecule has 0 amide bonds. The van der Waals surface area contributed by atoms with Gasteiger partial charge in [0.15, 0.2) is 21.5 Å². The number of hydrogen-bond donors (Lipinski definition) is 1. The SMILES string of the molecule is CC(C)(CN)CCS(=O)(=O)c1ccc(F)c(F)c1. The summed E-state index contributed by atoms with van der Waals surface area (Å²) in [6, 6.07) is 2.60. The molecule has 1 aromatic rings. The van der Waals surface area contributed by atoms with Gasteiger partial charge in [-0.05, 0) is 36.6 Å². The summed E-state index contributed by atoms with van der Waals surface area (Å²) in [5.74, 6) is -2.35. The maximum absolute atomic E-state index is 13.0. The minimum Gasteiger partial charge on any atom is -0.330 e. The topological polar surface area (TPSA) is 60.2 Å². The van der Waals surface area contributed by atoms with Crippen LogP contribution in [0.5, 0.6) is 0 Å². The van der Waals surface area contributed by atoms with Crippen LogP contribution in [0.4, 0.5) is 8.78 Å². The Hall–Kier alpha value is -1.01. The van der Waals surface area contributed by atoms with Crippen LogP contribution in [0.15, 0.2) is 23.1 Å². The average molecular weight is 277 g/mol. The second kappa shape index (κ2) is 5.32. The monoisotopic (exact) mass is 277 g/mol. The average Bonchev–Trinajstić information content (AvgIpc) is 2.30. The van der Waals surface area contributed by atoms with Crippen LogP contribution in [-0.2, 0) is 9.84 Å². The second-order valence-electron chi connectivity index (χ2n) is 5.01. The van der Waals surface area contributed by atoms with E-state index in [9.17, 15) is 17.2 Å². The summed E-state index contributed by atoms with van der Waals surface area (Å²) in [4.78, 5) is -0.200. The number of hydrogen-bond acceptors (Lipinski definition) is 3. The third-order valence-electron chi connectivity index (χ3n) is 2.85. The number of rotatable bonds is 5. The molecule has 0 aromatic heterocycles. The van der Waals surface area contributed by atoms with Crippen LogP contribution in [-0.4, -0.2) is 20.7 Å². The van der Waals surface area contributed by atoms with Crippen LogP contribution in [0.1, 0.15) is 20.3 Å². The van der Waals surface area contributed by atoms with Crippen molar-refractivity contribution in [3.05, 3.63) is 29.8 Å². The molecule has 0 radical (unpaired) electrons. The molecule has 1 rings (SSSR count). The first-order valence-corrected chi connectivity index (χ1v) is 7.21. The van der Waals surface area contributed by atoms with Gasteiger partial charge in [0.1, 0.15) is 0 Å². The number of sulfone groups is 1. The van der Waals surface area contributed by atoms with Crippen molar-refractivity contribution < 1.29 is 17.2 Å². The quantitative estimate of drug-likeness (QED) is 0.839. The Morgan fingerprint density at radius 2 is 1.83 bits per heavy atom. The van der Waals surface area contributed by atoms with E-state index >= 15 is 0 Å². The Labute approximate surface area is 106 Å². The highest BCUT2D eigenvalue weighted by Crippen LogP contribution is 2.22. The third-order valence-corrected chi connectivity index (χ3v) is 4.56. The molecule has 1 aromatic carbocycles. The lowest BCUT2D eigenvalue weighted by Gasteiger charge is -2.21. The van der Waals surface area contributed by atoms with Crippen LogP contribution in [0.2, 0.25) is 0 Å². The van der Waals surface area contributed by atoms with Crippen molar-refractivity contribution in [2.45, 2.75) is 25.2 Å². The van der Waals surface area contributed by atoms with E-state index in [1.54, 1.807) is 0 Å². The Morgan fingerprint density at radius 1 is 1.22 bits per heavy atom. The molecule has 0 unspecified atom stereocenters. The van der Waals surface area contributed by atoms with Crippen LogP contribution < -0.4 is 5.73 Å². The Morgan fingerprint density at radius 3 is 2.33 bits per heavy atom. The summed E-state index contributed by atoms with van der Waals surface area (Å²) in [7, 11) is -3.61. The summed E-state index contributed by atoms with van der Waals surface area (Å²) in [6.07, 6.45) is 0.366. The van der Waals surface area contributed by atoms with Gasteiger partial charge in [-0.1, -0.05) is 13.8 Å². The van der Waals surface area contributed by atoms with E-state index in [2.05, 4.69) is 0 Å². The summed E-state index contributed by atoms with van der Waals surface area (Å²) < 4.78 is 49.6. The van der Waals surface area contributed by atoms with Crippen molar-refractivity contribution in [2.75, 3.05) is 12.3 Å². The zero-order valence-electron chi connectivity index (χ0n) is 10.4. The van der Waals surface area contributed by atoms with Crippen molar-refractivity contribution in [1.29, 1.82) is 0 Å². The smallest absolute Gasteiger partial charge is 0.178 e. The Kier molecular flexibility index (Phi) is 4.45. The zero-order chi connectivity index (χ0) is 14.0. The van der Waals surface area contributed by atoms with Gasteiger partial charge in [0.2, 0.25) is 0 Å². The molecule has 0 saturated carbocycles. The maximum Gasteiger partial charge on any atom is 0.178 e. The number of benzene rings is 1. The number of nitrogens with two attached hydrogens (primary N) is 1. The van der Waals surface area contributed by atoms with Crippen LogP contribution >= 0.6 is 0 Å². The van der Waals surface area contributed by atoms with Gasteiger partial charge in [-0.15, -0.1) is 0 Å². The second-order valence-corrected chi connectivity index (χ2v) is 7.12. The van der Waals surface area contributed by atoms with E-state index in [0.29, 0.717) is 19.0 Å². The molecule has 0 fully saturated rings. The summed E-state index contributed by atoms with van der Waals surface area (Å²) in [5, 5.41) is 0. The van der Waals surface area contributed by atoms with E-state index in [4.69, 9.17) is 5.73 Å². The number of halogens is 2. The van der Waals surface area contributed by atoms with Gasteiger partial charge in [0, 0.05) is 0 Å². The maximum atomic E-state index is 13.0. The lowest BCUT2D eigenvalue weighted by atomic mass is 9.91. The van der Waals surface area contributed by atoms with Crippen molar-refractivity contribution in [1.82, 2.24) is 0 Å². The van der Waals surface area contributed by atoms with Gasteiger partial charge in [-0.2, -0.15) is 0 Å². The minimum atomic E-state index is -3.61. The predicted molar refractivity (Wildman–Crippen MR) is 65.9 cm³/mol. The summed E-state index contributed by atoms with van der Waals surface area (Å²) in [6.45, 7) is 4.07. The molecule has 6 heteroatoms. The Balaban J connectivity index is 2.90. The van der Waals surface area contributed by atoms with E-state index < -0.39 is 21.5 Å². The van der Waals surface area contributed by atoms with Gasteiger partial charge in [-0.25, -0.2) is 17.2 Å². The molecule has 0 aliphatic rings. The summed E-state index contributed by atoms with van der Waals surface area (Å²) >= 11 is 0. The van der Waals surface area contributed by atoms with E-state index in [1.165, 1.54) is 0 Å². The molecule has 0 atom stereocenters. The van der Waals surface area contributed by atoms with E-state index in [1.807, 2.05) is 13.8 Å². The molecule has 0 aliphatic heterocycles. The first-order chi connectivity index (χ1) is 8.18. The highest BCUT2D eigenvalue weighted by molar-refractivity contribution is 7.91. The third kappa shape index (κ3) is 3.74. The molecular formula is C12H17F2NO2S. The zero-order valence-corrected chi connectivity index (χ0v) is 11.2. The van der Waals surface area contributed by atoms with Crippen molar-refractivity contribution in [3.8, 4) is 0 Å². The Bertz CT molecular complexity index is 527. The van der Waals surface area contributed by atoms with Gasteiger partial charge >= 0.3 is 0 Å². The van der Waals surface area contributed by atoms with E-state index in [-0.39, 0.29) is 16.1 Å². The molecule has 0 aliphatic carbocycles. The van der Waals surface area contributed by atoms with Gasteiger partial charge < -0.3 is 5.73 Å². The molecule has 2 N–H and O–H groups in total. The van der Waals surface area contributed by atoms with Crippen molar-refractivity contribution in [2.24, 2.45) is 11.1 Å². The van der Waals surface area contributed by atoms with E-state index in [0.717, 1.165) is 12.1 Å². The van der Waals surface area contributed by atoms with Crippen molar-refractivity contribution >= 4 is 9.84 Å².